The maximum atomic E-state index is 14.1. The molecule has 0 aromatic heterocycles. The van der Waals surface area contributed by atoms with Crippen LogP contribution in [0.3, 0.4) is 0 Å². The minimum absolute atomic E-state index is 1.06. The molecule has 64 heavy (non-hydrogen) atoms. The molecule has 6 saturated heterocycles. The van der Waals surface area contributed by atoms with Crippen LogP contribution in [0.4, 0.5) is 0 Å². The Hall–Kier alpha value is -1.16. The second-order valence-electron chi connectivity index (χ2n) is 17.5. The number of hydrogen-bond donors (Lipinski definition) is 23. The van der Waals surface area contributed by atoms with Gasteiger partial charge in [-0.3, -0.25) is 0 Å². The molecule has 0 aromatic rings. The molecule has 6 fully saturated rings. The molecule has 0 saturated carbocycles. The molecule has 0 amide bonds. The first-order chi connectivity index (χ1) is 29.7. The summed E-state index contributed by atoms with van der Waals surface area (Å²) in [5.74, 6) is 0. The van der Waals surface area contributed by atoms with Crippen LogP contribution < -0.4 is 0 Å². The van der Waals surface area contributed by atoms with Gasteiger partial charge in [0.1, 0.15) is 153 Å². The Labute approximate surface area is 360 Å². The molecule has 0 spiro atoms. The number of aliphatic hydroxyl groups is 23. The Morgan fingerprint density at radius 2 is 0.547 bits per heavy atom. The van der Waals surface area contributed by atoms with E-state index in [-0.39, 0.29) is 0 Å². The zero-order valence-electron chi connectivity index (χ0n) is 33.4. The first kappa shape index (κ1) is 52.2. The summed E-state index contributed by atoms with van der Waals surface area (Å²) in [5, 5.41) is 267. The number of ether oxygens (including phenoxy) is 6. The van der Waals surface area contributed by atoms with Crippen molar-refractivity contribution in [1.82, 2.24) is 0 Å². The Morgan fingerprint density at radius 1 is 0.297 bits per heavy atom. The second-order valence-corrected chi connectivity index (χ2v) is 17.5. The molecule has 374 valence electrons. The molecule has 6 heterocycles. The van der Waals surface area contributed by atoms with Crippen molar-refractivity contribution in [1.29, 1.82) is 0 Å². The second kappa shape index (κ2) is 19.0. The van der Waals surface area contributed by atoms with E-state index in [2.05, 4.69) is 0 Å². The van der Waals surface area contributed by atoms with Crippen LogP contribution in [-0.4, -0.2) is 332 Å². The maximum absolute atomic E-state index is 14.1. The highest BCUT2D eigenvalue weighted by atomic mass is 16.6. The van der Waals surface area contributed by atoms with Crippen LogP contribution in [0.2, 0.25) is 0 Å². The van der Waals surface area contributed by atoms with Crippen LogP contribution in [-0.2, 0) is 28.4 Å². The fourth-order valence-corrected chi connectivity index (χ4v) is 9.99. The van der Waals surface area contributed by atoms with E-state index in [1.54, 1.807) is 0 Å². The zero-order chi connectivity index (χ0) is 47.9. The first-order valence-corrected chi connectivity index (χ1v) is 20.2. The molecule has 6 aliphatic rings. The van der Waals surface area contributed by atoms with Crippen molar-refractivity contribution in [3.8, 4) is 0 Å². The molecular formula is C35H60O29. The SMILES string of the molecule is OC(C1OC[C@@H](O)[C@H](O)[C@H]1O)[C@](O)(C1OC[C@@H](O)[C@H](O)[C@H]1O)[C@@](O)(C1OC[C@@H](O)[C@H](O)[C@H]1O)[C@](O)(C1OC[C@@H](O)[C@H](O)[C@H]1O)C(O)(C1OC[C@@H](O)[C@H](O)[C@H]1O)C1OC[C@@H](O)[C@H](O)[C@H]1O. The highest BCUT2D eigenvalue weighted by Gasteiger charge is 2.86. The summed E-state index contributed by atoms with van der Waals surface area (Å²) >= 11 is 0. The van der Waals surface area contributed by atoms with Crippen LogP contribution in [0.25, 0.3) is 0 Å². The third-order valence-electron chi connectivity index (χ3n) is 13.7. The largest absolute Gasteiger partial charge is 0.388 e. The minimum atomic E-state index is -4.94. The lowest BCUT2D eigenvalue weighted by molar-refractivity contribution is -0.447. The summed E-state index contributed by atoms with van der Waals surface area (Å²) in [4.78, 5) is 0. The van der Waals surface area contributed by atoms with Crippen LogP contribution in [0.5, 0.6) is 0 Å². The summed E-state index contributed by atoms with van der Waals surface area (Å²) in [7, 11) is 0. The number of hydrogen-bond acceptors (Lipinski definition) is 29. The summed E-state index contributed by atoms with van der Waals surface area (Å²) in [6.45, 7) is -7.34. The average Bonchev–Trinajstić information content (AvgIpc) is 3.25. The standard InChI is InChI=1S/C35H60O29/c36-7-1-59-25(19(48)13(7)42)26(54)32(55,27-20(49)14(43)8(37)2-60-27)34(57,30-23(52)17(46)11(40)5-63-30)35(58,31-24(53)18(47)12(41)6-64-31)33(56,28-21(50)15(44)9(38)3-61-28)29-22(51)16(45)10(39)4-62-29/h7-31,36-58H,1-6H2/t7-,8-,9-,10-,11-,12-,13+,14+,15+,16+,17+,18+,19-,20-,21-,22-,23-,24-,25?,26?,27?,28?,29?,30?,31?,32+,33?,34+,35+/m1/s1. The van der Waals surface area contributed by atoms with Gasteiger partial charge in [0.05, 0.1) is 39.6 Å². The lowest BCUT2D eigenvalue weighted by atomic mass is 9.49. The highest BCUT2D eigenvalue weighted by molar-refractivity contribution is 5.35. The fourth-order valence-electron chi connectivity index (χ4n) is 9.99. The van der Waals surface area contributed by atoms with E-state index in [0.717, 1.165) is 0 Å². The molecule has 0 radical (unpaired) electrons. The lowest BCUT2D eigenvalue weighted by Crippen LogP contribution is -2.95. The van der Waals surface area contributed by atoms with E-state index in [1.807, 2.05) is 0 Å². The van der Waals surface area contributed by atoms with Gasteiger partial charge in [-0.1, -0.05) is 0 Å². The Balaban J connectivity index is 1.81. The van der Waals surface area contributed by atoms with Crippen molar-refractivity contribution in [3.05, 3.63) is 0 Å². The molecule has 7 unspecified atom stereocenters. The van der Waals surface area contributed by atoms with Crippen molar-refractivity contribution < 1.29 is 146 Å². The van der Waals surface area contributed by atoms with Crippen molar-refractivity contribution >= 4 is 0 Å². The predicted molar refractivity (Wildman–Crippen MR) is 192 cm³/mol. The van der Waals surface area contributed by atoms with E-state index in [1.165, 1.54) is 0 Å². The van der Waals surface area contributed by atoms with Crippen LogP contribution in [0, 0.1) is 0 Å². The third-order valence-corrected chi connectivity index (χ3v) is 13.7. The van der Waals surface area contributed by atoms with Crippen molar-refractivity contribution in [2.75, 3.05) is 39.6 Å². The van der Waals surface area contributed by atoms with Gasteiger partial charge in [0, 0.05) is 0 Å². The topological polar surface area (TPSA) is 521 Å². The summed E-state index contributed by atoms with van der Waals surface area (Å²) in [6.07, 6.45) is -67.1. The number of rotatable bonds is 10. The summed E-state index contributed by atoms with van der Waals surface area (Å²) in [6, 6.07) is 0. The molecule has 29 heteroatoms. The Kier molecular flexibility index (Phi) is 15.5. The molecule has 28 atom stereocenters. The van der Waals surface area contributed by atoms with Crippen LogP contribution >= 0.6 is 0 Å². The molecule has 29 nitrogen and oxygen atoms in total. The molecule has 23 N–H and O–H groups in total. The van der Waals surface area contributed by atoms with Gasteiger partial charge in [0.25, 0.3) is 0 Å². The fraction of sp³-hybridized carbons (Fsp3) is 1.00. The van der Waals surface area contributed by atoms with E-state index < -0.39 is 215 Å². The molecule has 0 bridgehead atoms. The van der Waals surface area contributed by atoms with Gasteiger partial charge in [0.2, 0.25) is 0 Å². The van der Waals surface area contributed by atoms with Crippen LogP contribution in [0.1, 0.15) is 0 Å². The predicted octanol–water partition coefficient (Wildman–Crippen LogP) is -15.8. The third kappa shape index (κ3) is 7.73. The maximum Gasteiger partial charge on any atom is 0.161 e. The smallest absolute Gasteiger partial charge is 0.161 e. The molecule has 0 aromatic carbocycles. The highest BCUT2D eigenvalue weighted by Crippen LogP contribution is 2.57. The molecular weight excluding hydrogens is 884 g/mol. The lowest BCUT2D eigenvalue weighted by Gasteiger charge is -2.69. The van der Waals surface area contributed by atoms with Gasteiger partial charge in [-0.25, -0.2) is 0 Å². The summed E-state index contributed by atoms with van der Waals surface area (Å²) in [5.41, 5.74) is -18.9. The normalized spacial score (nSPS) is 52.9. The van der Waals surface area contributed by atoms with Gasteiger partial charge in [0.15, 0.2) is 22.4 Å². The quantitative estimate of drug-likeness (QED) is 0.0967. The van der Waals surface area contributed by atoms with E-state index in [0.29, 0.717) is 0 Å². The van der Waals surface area contributed by atoms with E-state index in [9.17, 15) is 117 Å². The molecule has 6 aliphatic heterocycles. The average molecular weight is 945 g/mol. The molecule has 6 rings (SSSR count). The Morgan fingerprint density at radius 3 is 0.906 bits per heavy atom. The minimum Gasteiger partial charge on any atom is -0.388 e. The van der Waals surface area contributed by atoms with Crippen molar-refractivity contribution in [3.63, 3.8) is 0 Å². The zero-order valence-corrected chi connectivity index (χ0v) is 33.4. The monoisotopic (exact) mass is 944 g/mol. The summed E-state index contributed by atoms with van der Waals surface area (Å²) < 4.78 is 33.0. The number of aliphatic hydroxyl groups excluding tert-OH is 19. The molecule has 0 aliphatic carbocycles. The van der Waals surface area contributed by atoms with Crippen LogP contribution in [0.15, 0.2) is 0 Å². The first-order valence-electron chi connectivity index (χ1n) is 20.2. The van der Waals surface area contributed by atoms with E-state index >= 15 is 0 Å². The van der Waals surface area contributed by atoms with Gasteiger partial charge in [-0.2, -0.15) is 0 Å². The van der Waals surface area contributed by atoms with E-state index in [4.69, 9.17) is 28.4 Å². The van der Waals surface area contributed by atoms with Gasteiger partial charge in [-0.15, -0.1) is 0 Å². The van der Waals surface area contributed by atoms with Gasteiger partial charge < -0.3 is 146 Å². The van der Waals surface area contributed by atoms with Gasteiger partial charge >= 0.3 is 0 Å². The Bertz CT molecular complexity index is 1540. The van der Waals surface area contributed by atoms with Gasteiger partial charge in [-0.05, 0) is 0 Å². The van der Waals surface area contributed by atoms with Crippen molar-refractivity contribution in [2.24, 2.45) is 0 Å². The van der Waals surface area contributed by atoms with Crippen molar-refractivity contribution in [2.45, 2.75) is 175 Å².